The molecule has 0 saturated heterocycles. The third-order valence-electron chi connectivity index (χ3n) is 3.77. The van der Waals surface area contributed by atoms with Crippen LogP contribution in [0.25, 0.3) is 0 Å². The van der Waals surface area contributed by atoms with Gasteiger partial charge in [-0.2, -0.15) is 15.2 Å². The summed E-state index contributed by atoms with van der Waals surface area (Å²) in [5.74, 6) is 1.23. The van der Waals surface area contributed by atoms with Crippen molar-refractivity contribution in [1.29, 1.82) is 5.26 Å². The van der Waals surface area contributed by atoms with Crippen molar-refractivity contribution in [2.75, 3.05) is 11.4 Å². The minimum atomic E-state index is -1.70. The molecule has 0 spiro atoms. The molecule has 1 rings (SSSR count). The van der Waals surface area contributed by atoms with Gasteiger partial charge in [-0.25, -0.2) is 4.98 Å². The quantitative estimate of drug-likeness (QED) is 0.439. The van der Waals surface area contributed by atoms with Gasteiger partial charge in [0.1, 0.15) is 5.82 Å². The van der Waals surface area contributed by atoms with Gasteiger partial charge in [-0.3, -0.25) is 0 Å². The van der Waals surface area contributed by atoms with E-state index < -0.39 is 3.79 Å². The molecular weight excluding hydrogens is 369 g/mol. The molecule has 0 fully saturated rings. The lowest BCUT2D eigenvalue weighted by Gasteiger charge is -2.28. The van der Waals surface area contributed by atoms with E-state index in [1.165, 1.54) is 0 Å². The summed E-state index contributed by atoms with van der Waals surface area (Å²) >= 11 is 18.0. The molecule has 1 unspecified atom stereocenters. The normalized spacial score (nSPS) is 12.7. The van der Waals surface area contributed by atoms with E-state index in [0.29, 0.717) is 31.2 Å². The second-order valence-electron chi connectivity index (χ2n) is 5.69. The Morgan fingerprint density at radius 1 is 1.17 bits per heavy atom. The van der Waals surface area contributed by atoms with Crippen molar-refractivity contribution < 1.29 is 0 Å². The number of rotatable bonds is 9. The molecule has 0 radical (unpaired) electrons. The number of aromatic nitrogens is 3. The predicted molar refractivity (Wildman–Crippen MR) is 99.6 cm³/mol. The van der Waals surface area contributed by atoms with Crippen molar-refractivity contribution in [2.45, 2.75) is 69.1 Å². The highest BCUT2D eigenvalue weighted by atomic mass is 35.6. The fraction of sp³-hybridized carbons (Fsp3) is 0.750. The Balaban J connectivity index is 3.21. The van der Waals surface area contributed by atoms with Crippen molar-refractivity contribution >= 4 is 40.8 Å². The number of aryl methyl sites for hydroxylation is 1. The van der Waals surface area contributed by atoms with E-state index in [0.717, 1.165) is 25.7 Å². The Bertz CT molecular complexity index is 554. The van der Waals surface area contributed by atoms with Crippen molar-refractivity contribution in [3.63, 3.8) is 0 Å². The number of anilines is 1. The Morgan fingerprint density at radius 2 is 1.88 bits per heavy atom. The second kappa shape index (κ2) is 10.2. The van der Waals surface area contributed by atoms with Gasteiger partial charge in [-0.05, 0) is 19.8 Å². The first-order valence-corrected chi connectivity index (χ1v) is 9.42. The van der Waals surface area contributed by atoms with Gasteiger partial charge in [0.15, 0.2) is 5.82 Å². The van der Waals surface area contributed by atoms with E-state index in [1.807, 2.05) is 4.90 Å². The van der Waals surface area contributed by atoms with Gasteiger partial charge >= 0.3 is 0 Å². The summed E-state index contributed by atoms with van der Waals surface area (Å²) in [4.78, 5) is 15.2. The van der Waals surface area contributed by atoms with Crippen LogP contribution in [0, 0.1) is 11.3 Å². The molecule has 0 aliphatic carbocycles. The zero-order valence-electron chi connectivity index (χ0n) is 14.4. The zero-order valence-corrected chi connectivity index (χ0v) is 16.7. The van der Waals surface area contributed by atoms with Crippen LogP contribution in [0.2, 0.25) is 0 Å². The van der Waals surface area contributed by atoms with Crippen LogP contribution in [-0.2, 0) is 10.2 Å². The molecule has 0 N–H and O–H groups in total. The van der Waals surface area contributed by atoms with Crippen LogP contribution >= 0.6 is 34.8 Å². The molecule has 8 heteroatoms. The van der Waals surface area contributed by atoms with Crippen LogP contribution in [0.15, 0.2) is 0 Å². The molecule has 24 heavy (non-hydrogen) atoms. The maximum Gasteiger partial charge on any atom is 0.250 e. The van der Waals surface area contributed by atoms with E-state index >= 15 is 0 Å². The minimum absolute atomic E-state index is 0.134. The molecule has 1 aromatic heterocycles. The SMILES string of the molecule is CCCCCc1nc(N(CCC#N)C(C)CC)nc(C(Cl)(Cl)Cl)n1. The van der Waals surface area contributed by atoms with Crippen LogP contribution in [0.5, 0.6) is 0 Å². The number of nitrogens with zero attached hydrogens (tertiary/aromatic N) is 5. The Labute approximate surface area is 159 Å². The van der Waals surface area contributed by atoms with Crippen molar-refractivity contribution in [2.24, 2.45) is 0 Å². The van der Waals surface area contributed by atoms with E-state index in [4.69, 9.17) is 40.1 Å². The number of nitriles is 1. The van der Waals surface area contributed by atoms with E-state index in [-0.39, 0.29) is 11.9 Å². The van der Waals surface area contributed by atoms with Crippen molar-refractivity contribution in [3.8, 4) is 6.07 Å². The average Bonchev–Trinajstić information content (AvgIpc) is 2.54. The molecule has 0 saturated carbocycles. The molecule has 134 valence electrons. The largest absolute Gasteiger partial charge is 0.337 e. The lowest BCUT2D eigenvalue weighted by atomic mass is 10.2. The molecule has 0 aliphatic heterocycles. The van der Waals surface area contributed by atoms with Gasteiger partial charge in [0.05, 0.1) is 12.5 Å². The number of hydrogen-bond acceptors (Lipinski definition) is 5. The smallest absolute Gasteiger partial charge is 0.250 e. The van der Waals surface area contributed by atoms with Crippen LogP contribution in [-0.4, -0.2) is 27.5 Å². The van der Waals surface area contributed by atoms with Crippen molar-refractivity contribution in [1.82, 2.24) is 15.0 Å². The molecule has 1 atom stereocenters. The Morgan fingerprint density at radius 3 is 2.42 bits per heavy atom. The number of hydrogen-bond donors (Lipinski definition) is 0. The third-order valence-corrected chi connectivity index (χ3v) is 4.28. The lowest BCUT2D eigenvalue weighted by molar-refractivity contribution is 0.594. The summed E-state index contributed by atoms with van der Waals surface area (Å²) < 4.78 is -1.70. The van der Waals surface area contributed by atoms with Gasteiger partial charge in [0.2, 0.25) is 9.74 Å². The minimum Gasteiger partial charge on any atom is -0.337 e. The summed E-state index contributed by atoms with van der Waals surface area (Å²) in [5.41, 5.74) is 0. The number of halogens is 3. The molecule has 0 aliphatic rings. The summed E-state index contributed by atoms with van der Waals surface area (Å²) in [6.07, 6.45) is 5.16. The summed E-state index contributed by atoms with van der Waals surface area (Å²) in [5, 5.41) is 8.91. The fourth-order valence-electron chi connectivity index (χ4n) is 2.22. The maximum atomic E-state index is 8.91. The molecular formula is C16H24Cl3N5. The standard InChI is InChI=1S/C16H24Cl3N5/c1-4-6-7-9-13-21-14(16(17,18)19)23-15(22-13)24(11-8-10-20)12(3)5-2/h12H,4-9,11H2,1-3H3. The molecule has 1 aromatic rings. The van der Waals surface area contributed by atoms with Gasteiger partial charge in [-0.15, -0.1) is 0 Å². The second-order valence-corrected chi connectivity index (χ2v) is 7.97. The summed E-state index contributed by atoms with van der Waals surface area (Å²) in [6.45, 7) is 6.80. The molecule has 0 amide bonds. The number of alkyl halides is 3. The van der Waals surface area contributed by atoms with Crippen LogP contribution < -0.4 is 4.90 Å². The van der Waals surface area contributed by atoms with E-state index in [9.17, 15) is 0 Å². The first-order chi connectivity index (χ1) is 11.3. The third kappa shape index (κ3) is 6.58. The van der Waals surface area contributed by atoms with E-state index in [1.54, 1.807) is 0 Å². The molecule has 0 bridgehead atoms. The summed E-state index contributed by atoms with van der Waals surface area (Å²) in [7, 11) is 0. The van der Waals surface area contributed by atoms with Crippen LogP contribution in [0.3, 0.4) is 0 Å². The highest BCUT2D eigenvalue weighted by Crippen LogP contribution is 2.36. The molecule has 1 heterocycles. The monoisotopic (exact) mass is 391 g/mol. The van der Waals surface area contributed by atoms with Gasteiger partial charge in [0.25, 0.3) is 0 Å². The zero-order chi connectivity index (χ0) is 18.2. The fourth-order valence-corrected chi connectivity index (χ4v) is 2.47. The highest BCUT2D eigenvalue weighted by Gasteiger charge is 2.29. The Hall–Kier alpha value is -0.830. The highest BCUT2D eigenvalue weighted by molar-refractivity contribution is 6.66. The number of unbranched alkanes of at least 4 members (excludes halogenated alkanes) is 2. The topological polar surface area (TPSA) is 65.7 Å². The predicted octanol–water partition coefficient (Wildman–Crippen LogP) is 4.95. The average molecular weight is 393 g/mol. The van der Waals surface area contributed by atoms with E-state index in [2.05, 4.69) is 41.8 Å². The Kier molecular flexibility index (Phi) is 9.04. The van der Waals surface area contributed by atoms with Gasteiger partial charge in [0, 0.05) is 19.0 Å². The van der Waals surface area contributed by atoms with Crippen LogP contribution in [0.4, 0.5) is 5.95 Å². The van der Waals surface area contributed by atoms with Crippen molar-refractivity contribution in [3.05, 3.63) is 11.6 Å². The van der Waals surface area contributed by atoms with Gasteiger partial charge < -0.3 is 4.90 Å². The maximum absolute atomic E-state index is 8.91. The molecule has 0 aromatic carbocycles. The molecule has 5 nitrogen and oxygen atoms in total. The summed E-state index contributed by atoms with van der Waals surface area (Å²) in [6, 6.07) is 2.33. The lowest BCUT2D eigenvalue weighted by Crippen LogP contribution is -2.35. The first kappa shape index (κ1) is 21.2. The first-order valence-electron chi connectivity index (χ1n) is 8.29. The van der Waals surface area contributed by atoms with Crippen LogP contribution in [0.1, 0.15) is 64.5 Å². The van der Waals surface area contributed by atoms with Gasteiger partial charge in [-0.1, -0.05) is 61.5 Å².